The first-order valence-electron chi connectivity index (χ1n) is 11.7. The first-order valence-corrected chi connectivity index (χ1v) is 12.8. The summed E-state index contributed by atoms with van der Waals surface area (Å²) >= 11 is 2.12. The van der Waals surface area contributed by atoms with Gasteiger partial charge in [-0.1, -0.05) is 25.7 Å². The summed E-state index contributed by atoms with van der Waals surface area (Å²) in [6.45, 7) is 2.18. The van der Waals surface area contributed by atoms with Crippen LogP contribution in [0.1, 0.15) is 51.4 Å². The summed E-state index contributed by atoms with van der Waals surface area (Å²) in [5.41, 5.74) is 0.840. The molecule has 8 nitrogen and oxygen atoms in total. The van der Waals surface area contributed by atoms with E-state index >= 15 is 0 Å². The zero-order chi connectivity index (χ0) is 22.5. The molecule has 0 atom stereocenters. The molecule has 0 bridgehead atoms. The number of phenolic OH excluding ortho intramolecular Hbond substituents is 1. The number of rotatable bonds is 6. The van der Waals surface area contributed by atoms with Crippen molar-refractivity contribution in [2.75, 3.05) is 42.7 Å². The van der Waals surface area contributed by atoms with E-state index < -0.39 is 0 Å². The highest BCUT2D eigenvalue weighted by Gasteiger charge is 2.24. The van der Waals surface area contributed by atoms with Crippen molar-refractivity contribution in [1.29, 1.82) is 0 Å². The van der Waals surface area contributed by atoms with Crippen molar-refractivity contribution in [2.24, 2.45) is 0 Å². The maximum Gasteiger partial charge on any atom is 0.233 e. The van der Waals surface area contributed by atoms with Crippen LogP contribution in [0.15, 0.2) is 18.2 Å². The largest absolute Gasteiger partial charge is 0.507 e. The molecule has 2 aromatic rings. The number of nitrogens with one attached hydrogen (secondary N) is 2. The minimum Gasteiger partial charge on any atom is -0.507 e. The molecule has 2 fully saturated rings. The molecular formula is C23H34IN7O. The number of hydrogen-bond acceptors (Lipinski definition) is 8. The van der Waals surface area contributed by atoms with Crippen LogP contribution in [0.5, 0.6) is 5.75 Å². The molecule has 0 unspecified atom stereocenters. The average Bonchev–Trinajstić information content (AvgIpc) is 3.05. The number of hydrogen-bond donors (Lipinski definition) is 3. The zero-order valence-corrected chi connectivity index (χ0v) is 21.2. The molecule has 2 heterocycles. The lowest BCUT2D eigenvalue weighted by Gasteiger charge is -2.35. The molecule has 0 spiro atoms. The Bertz CT molecular complexity index is 896. The third kappa shape index (κ3) is 6.12. The van der Waals surface area contributed by atoms with Gasteiger partial charge in [-0.15, -0.1) is 0 Å². The molecular weight excluding hydrogens is 517 g/mol. The Labute approximate surface area is 204 Å². The highest BCUT2D eigenvalue weighted by Crippen LogP contribution is 2.27. The van der Waals surface area contributed by atoms with E-state index in [0.29, 0.717) is 29.9 Å². The molecule has 1 aliphatic heterocycles. The quantitative estimate of drug-likeness (QED) is 0.273. The van der Waals surface area contributed by atoms with Crippen molar-refractivity contribution in [2.45, 2.75) is 63.5 Å². The Morgan fingerprint density at radius 1 is 1.00 bits per heavy atom. The van der Waals surface area contributed by atoms with Crippen LogP contribution in [0, 0.1) is 3.57 Å². The highest BCUT2D eigenvalue weighted by atomic mass is 127. The van der Waals surface area contributed by atoms with Crippen LogP contribution in [0.25, 0.3) is 0 Å². The average molecular weight is 551 g/mol. The number of aromatic nitrogens is 3. The van der Waals surface area contributed by atoms with Crippen molar-refractivity contribution in [1.82, 2.24) is 19.9 Å². The highest BCUT2D eigenvalue weighted by molar-refractivity contribution is 14.1. The predicted molar refractivity (Wildman–Crippen MR) is 138 cm³/mol. The second kappa shape index (κ2) is 10.8. The summed E-state index contributed by atoms with van der Waals surface area (Å²) in [6, 6.07) is 6.23. The normalized spacial score (nSPS) is 18.8. The summed E-state index contributed by atoms with van der Waals surface area (Å²) < 4.78 is 0.780. The third-order valence-electron chi connectivity index (χ3n) is 6.57. The number of aromatic hydroxyl groups is 1. The Morgan fingerprint density at radius 3 is 2.38 bits per heavy atom. The lowest BCUT2D eigenvalue weighted by Crippen LogP contribution is -2.42. The van der Waals surface area contributed by atoms with Crippen molar-refractivity contribution in [3.63, 3.8) is 0 Å². The summed E-state index contributed by atoms with van der Waals surface area (Å²) in [4.78, 5) is 18.9. The molecule has 1 aliphatic carbocycles. The van der Waals surface area contributed by atoms with E-state index in [1.807, 2.05) is 12.1 Å². The smallest absolute Gasteiger partial charge is 0.233 e. The van der Waals surface area contributed by atoms with Crippen LogP contribution < -0.4 is 15.5 Å². The van der Waals surface area contributed by atoms with Gasteiger partial charge >= 0.3 is 0 Å². The maximum absolute atomic E-state index is 9.84. The number of phenols is 1. The number of anilines is 4. The van der Waals surface area contributed by atoms with E-state index in [2.05, 4.69) is 57.1 Å². The summed E-state index contributed by atoms with van der Waals surface area (Å²) in [7, 11) is 4.27. The van der Waals surface area contributed by atoms with Crippen molar-refractivity contribution in [3.8, 4) is 5.75 Å². The van der Waals surface area contributed by atoms with Gasteiger partial charge < -0.3 is 25.5 Å². The maximum atomic E-state index is 9.84. The van der Waals surface area contributed by atoms with E-state index in [0.717, 1.165) is 48.0 Å². The first-order chi connectivity index (χ1) is 15.5. The van der Waals surface area contributed by atoms with Gasteiger partial charge in [0.25, 0.3) is 0 Å². The molecule has 3 N–H and O–H groups in total. The van der Waals surface area contributed by atoms with Gasteiger partial charge in [0.1, 0.15) is 5.75 Å². The Kier molecular flexibility index (Phi) is 7.88. The molecule has 1 aromatic carbocycles. The van der Waals surface area contributed by atoms with Crippen LogP contribution in [0.3, 0.4) is 0 Å². The van der Waals surface area contributed by atoms with Crippen LogP contribution in [-0.2, 0) is 0 Å². The van der Waals surface area contributed by atoms with Gasteiger partial charge in [0.15, 0.2) is 0 Å². The summed E-state index contributed by atoms with van der Waals surface area (Å²) in [5.74, 6) is 2.12. The van der Waals surface area contributed by atoms with E-state index in [1.54, 1.807) is 6.07 Å². The molecule has 4 rings (SSSR count). The van der Waals surface area contributed by atoms with E-state index in [1.165, 1.54) is 25.7 Å². The van der Waals surface area contributed by atoms with Crippen molar-refractivity contribution < 1.29 is 5.11 Å². The van der Waals surface area contributed by atoms with E-state index in [4.69, 9.17) is 15.0 Å². The summed E-state index contributed by atoms with van der Waals surface area (Å²) in [6.07, 6.45) is 9.64. The van der Waals surface area contributed by atoms with Gasteiger partial charge in [-0.2, -0.15) is 15.0 Å². The monoisotopic (exact) mass is 551 g/mol. The lowest BCUT2D eigenvalue weighted by atomic mass is 10.0. The standard InChI is InChI=1S/C23H34IN7O/c1-30-13-11-18(12-14-30)31(2)23-28-21(25-16-7-5-3-4-6-8-16)27-22(29-23)26-17-9-10-20(32)19(24)15-17/h9-10,15-16,18,32H,3-8,11-14H2,1-2H3,(H2,25,26,27,28,29). The predicted octanol–water partition coefficient (Wildman–Crippen LogP) is 4.59. The van der Waals surface area contributed by atoms with Gasteiger partial charge in [0, 0.05) is 24.8 Å². The fourth-order valence-corrected chi connectivity index (χ4v) is 5.02. The number of piperidine rings is 1. The van der Waals surface area contributed by atoms with Gasteiger partial charge in [0.2, 0.25) is 17.8 Å². The van der Waals surface area contributed by atoms with Gasteiger partial charge in [0.05, 0.1) is 3.57 Å². The number of benzene rings is 1. The van der Waals surface area contributed by atoms with Crippen LogP contribution in [0.2, 0.25) is 0 Å². The first kappa shape index (κ1) is 23.3. The fraction of sp³-hybridized carbons (Fsp3) is 0.609. The molecule has 0 amide bonds. The second-order valence-corrected chi connectivity index (χ2v) is 10.2. The molecule has 9 heteroatoms. The number of likely N-dealkylation sites (tertiary alicyclic amines) is 1. The second-order valence-electron chi connectivity index (χ2n) is 9.05. The number of halogens is 1. The van der Waals surface area contributed by atoms with Crippen LogP contribution >= 0.6 is 22.6 Å². The molecule has 1 saturated heterocycles. The van der Waals surface area contributed by atoms with Crippen LogP contribution in [0.4, 0.5) is 23.5 Å². The Balaban J connectivity index is 1.58. The van der Waals surface area contributed by atoms with Gasteiger partial charge in [-0.05, 0) is 86.6 Å². The minimum atomic E-state index is 0.269. The van der Waals surface area contributed by atoms with Crippen molar-refractivity contribution >= 4 is 46.1 Å². The topological polar surface area (TPSA) is 89.4 Å². The van der Waals surface area contributed by atoms with Gasteiger partial charge in [-0.25, -0.2) is 0 Å². The van der Waals surface area contributed by atoms with Crippen molar-refractivity contribution in [3.05, 3.63) is 21.8 Å². The molecule has 1 aromatic heterocycles. The third-order valence-corrected chi connectivity index (χ3v) is 7.43. The SMILES string of the molecule is CN1CCC(N(C)c2nc(Nc3ccc(O)c(I)c3)nc(NC3CCCCCC3)n2)CC1. The number of nitrogens with zero attached hydrogens (tertiary/aromatic N) is 5. The fourth-order valence-electron chi connectivity index (χ4n) is 4.51. The summed E-state index contributed by atoms with van der Waals surface area (Å²) in [5, 5.41) is 16.8. The zero-order valence-electron chi connectivity index (χ0n) is 19.0. The van der Waals surface area contributed by atoms with Gasteiger partial charge in [-0.3, -0.25) is 0 Å². The molecule has 32 heavy (non-hydrogen) atoms. The Hall–Kier alpha value is -1.88. The molecule has 0 radical (unpaired) electrons. The molecule has 2 aliphatic rings. The van der Waals surface area contributed by atoms with E-state index in [-0.39, 0.29) is 5.75 Å². The minimum absolute atomic E-state index is 0.269. The van der Waals surface area contributed by atoms with E-state index in [9.17, 15) is 5.11 Å². The molecule has 174 valence electrons. The molecule has 1 saturated carbocycles. The van der Waals surface area contributed by atoms with Crippen LogP contribution in [-0.4, -0.2) is 64.2 Å². The lowest BCUT2D eigenvalue weighted by molar-refractivity contribution is 0.252. The Morgan fingerprint density at radius 2 is 1.69 bits per heavy atom.